The minimum Gasteiger partial charge on any atom is -0.380 e. The zero-order valence-electron chi connectivity index (χ0n) is 18.8. The molecular formula is C24H29N5O4S. The van der Waals surface area contributed by atoms with Gasteiger partial charge in [-0.2, -0.15) is 5.26 Å². The number of benzene rings is 1. The van der Waals surface area contributed by atoms with Crippen LogP contribution >= 0.6 is 11.3 Å². The molecular weight excluding hydrogens is 454 g/mol. The van der Waals surface area contributed by atoms with E-state index >= 15 is 0 Å². The van der Waals surface area contributed by atoms with E-state index in [9.17, 15) is 25.1 Å². The number of carbonyl (C=O) groups is 2. The molecule has 1 aromatic carbocycles. The van der Waals surface area contributed by atoms with Crippen molar-refractivity contribution in [2.24, 2.45) is 5.92 Å². The number of amides is 2. The Bertz CT molecular complexity index is 1030. The number of aliphatic hydroxyl groups is 2. The van der Waals surface area contributed by atoms with Crippen molar-refractivity contribution in [2.45, 2.75) is 43.9 Å². The van der Waals surface area contributed by atoms with Crippen molar-refractivity contribution in [2.75, 3.05) is 31.1 Å². The molecule has 2 aliphatic rings. The monoisotopic (exact) mass is 483 g/mol. The minimum atomic E-state index is -1.83. The molecule has 3 heterocycles. The Morgan fingerprint density at radius 1 is 1.18 bits per heavy atom. The Balaban J connectivity index is 1.25. The zero-order chi connectivity index (χ0) is 24.1. The normalized spacial score (nSPS) is 20.6. The lowest BCUT2D eigenvalue weighted by atomic mass is 9.95. The fraction of sp³-hybridized carbons (Fsp3) is 0.500. The van der Waals surface area contributed by atoms with Gasteiger partial charge in [0.25, 0.3) is 11.8 Å². The molecule has 180 valence electrons. The number of nitrogens with one attached hydrogen (secondary N) is 1. The van der Waals surface area contributed by atoms with Crippen LogP contribution in [-0.2, 0) is 9.59 Å². The van der Waals surface area contributed by atoms with Gasteiger partial charge in [0.1, 0.15) is 11.1 Å². The van der Waals surface area contributed by atoms with Gasteiger partial charge in [-0.05, 0) is 43.7 Å². The number of anilines is 1. The molecule has 0 bridgehead atoms. The molecule has 2 amide bonds. The number of piperidine rings is 1. The van der Waals surface area contributed by atoms with E-state index in [-0.39, 0.29) is 12.0 Å². The van der Waals surface area contributed by atoms with Crippen molar-refractivity contribution in [3.63, 3.8) is 0 Å². The number of aromatic nitrogens is 1. The van der Waals surface area contributed by atoms with Crippen LogP contribution in [0, 0.1) is 17.2 Å². The minimum absolute atomic E-state index is 0.211. The molecule has 9 nitrogen and oxygen atoms in total. The molecule has 0 radical (unpaired) electrons. The third kappa shape index (κ3) is 5.22. The van der Waals surface area contributed by atoms with Crippen molar-refractivity contribution in [3.05, 3.63) is 46.4 Å². The molecule has 0 saturated carbocycles. The van der Waals surface area contributed by atoms with Gasteiger partial charge in [-0.25, -0.2) is 4.98 Å². The van der Waals surface area contributed by atoms with E-state index in [1.807, 2.05) is 23.6 Å². The van der Waals surface area contributed by atoms with Gasteiger partial charge < -0.3 is 25.3 Å². The van der Waals surface area contributed by atoms with Crippen LogP contribution in [0.15, 0.2) is 35.8 Å². The molecule has 4 rings (SSSR count). The number of carbonyl (C=O) groups excluding carboxylic acids is 2. The molecule has 2 saturated heterocycles. The summed E-state index contributed by atoms with van der Waals surface area (Å²) in [5.41, 5.74) is 1.56. The Hall–Kier alpha value is -3.00. The number of thiazole rings is 1. The summed E-state index contributed by atoms with van der Waals surface area (Å²) in [4.78, 5) is 33.2. The lowest BCUT2D eigenvalue weighted by molar-refractivity contribution is -0.153. The molecule has 2 aliphatic heterocycles. The third-order valence-corrected chi connectivity index (χ3v) is 7.51. The highest BCUT2D eigenvalue weighted by Crippen LogP contribution is 2.33. The quantitative estimate of drug-likeness (QED) is 0.543. The highest BCUT2D eigenvalue weighted by Gasteiger charge is 2.39. The lowest BCUT2D eigenvalue weighted by Crippen LogP contribution is -2.51. The van der Waals surface area contributed by atoms with Gasteiger partial charge in [0.2, 0.25) is 0 Å². The summed E-state index contributed by atoms with van der Waals surface area (Å²) in [5.74, 6) is -1.18. The molecule has 0 aliphatic carbocycles. The van der Waals surface area contributed by atoms with Crippen LogP contribution in [0.2, 0.25) is 0 Å². The molecule has 1 unspecified atom stereocenters. The first-order valence-electron chi connectivity index (χ1n) is 11.6. The number of nitriles is 1. The van der Waals surface area contributed by atoms with E-state index in [0.29, 0.717) is 18.7 Å². The first-order chi connectivity index (χ1) is 16.5. The summed E-state index contributed by atoms with van der Waals surface area (Å²) in [5, 5.41) is 35.4. The summed E-state index contributed by atoms with van der Waals surface area (Å²) < 4.78 is 0. The van der Waals surface area contributed by atoms with Crippen molar-refractivity contribution < 1.29 is 19.8 Å². The second kappa shape index (κ2) is 11.0. The molecule has 2 fully saturated rings. The highest BCUT2D eigenvalue weighted by atomic mass is 32.1. The van der Waals surface area contributed by atoms with E-state index in [1.165, 1.54) is 16.2 Å². The lowest BCUT2D eigenvalue weighted by Gasteiger charge is -2.34. The second-order valence-corrected chi connectivity index (χ2v) is 9.68. The summed E-state index contributed by atoms with van der Waals surface area (Å²) in [7, 11) is 0. The predicted molar refractivity (Wildman–Crippen MR) is 127 cm³/mol. The molecule has 10 heteroatoms. The second-order valence-electron chi connectivity index (χ2n) is 8.75. The molecule has 3 atom stereocenters. The summed E-state index contributed by atoms with van der Waals surface area (Å²) in [6.07, 6.45) is 1.19. The topological polar surface area (TPSA) is 130 Å². The van der Waals surface area contributed by atoms with E-state index in [1.54, 1.807) is 12.3 Å². The van der Waals surface area contributed by atoms with Crippen LogP contribution in [0.3, 0.4) is 0 Å². The number of likely N-dealkylation sites (tertiary alicyclic amines) is 1. The van der Waals surface area contributed by atoms with Gasteiger partial charge in [-0.3, -0.25) is 9.59 Å². The number of hydrogen-bond acceptors (Lipinski definition) is 8. The Morgan fingerprint density at radius 3 is 2.65 bits per heavy atom. The van der Waals surface area contributed by atoms with Crippen LogP contribution in [0.4, 0.5) is 5.69 Å². The van der Waals surface area contributed by atoms with Crippen molar-refractivity contribution in [3.8, 4) is 6.07 Å². The maximum absolute atomic E-state index is 12.8. The van der Waals surface area contributed by atoms with E-state index in [4.69, 9.17) is 0 Å². The smallest absolute Gasteiger partial charge is 0.255 e. The average molecular weight is 484 g/mol. The van der Waals surface area contributed by atoms with Gasteiger partial charge in [0, 0.05) is 37.8 Å². The van der Waals surface area contributed by atoms with Crippen molar-refractivity contribution in [1.29, 1.82) is 5.26 Å². The van der Waals surface area contributed by atoms with E-state index in [2.05, 4.69) is 21.3 Å². The fourth-order valence-corrected chi connectivity index (χ4v) is 5.49. The average Bonchev–Trinajstić information content (AvgIpc) is 3.58. The first kappa shape index (κ1) is 24.1. The van der Waals surface area contributed by atoms with E-state index < -0.39 is 24.0 Å². The number of nitrogens with zero attached hydrogens (tertiary/aromatic N) is 4. The molecule has 1 aromatic heterocycles. The molecule has 2 aromatic rings. The van der Waals surface area contributed by atoms with Crippen molar-refractivity contribution >= 4 is 28.8 Å². The van der Waals surface area contributed by atoms with Crippen LogP contribution in [0.1, 0.15) is 42.3 Å². The predicted octanol–water partition coefficient (Wildman–Crippen LogP) is 1.43. The number of hydrogen-bond donors (Lipinski definition) is 3. The fourth-order valence-electron chi connectivity index (χ4n) is 4.71. The Labute approximate surface area is 202 Å². The zero-order valence-corrected chi connectivity index (χ0v) is 19.7. The van der Waals surface area contributed by atoms with Crippen LogP contribution in [0.5, 0.6) is 0 Å². The van der Waals surface area contributed by atoms with Gasteiger partial charge in [0.05, 0.1) is 17.3 Å². The van der Waals surface area contributed by atoms with Crippen LogP contribution in [-0.4, -0.2) is 70.3 Å². The summed E-state index contributed by atoms with van der Waals surface area (Å²) in [6.45, 7) is 2.34. The van der Waals surface area contributed by atoms with Gasteiger partial charge in [0.15, 0.2) is 12.2 Å². The van der Waals surface area contributed by atoms with Gasteiger partial charge in [-0.1, -0.05) is 12.1 Å². The maximum Gasteiger partial charge on any atom is 0.255 e. The molecule has 0 spiro atoms. The van der Waals surface area contributed by atoms with Gasteiger partial charge in [-0.15, -0.1) is 11.3 Å². The Kier molecular flexibility index (Phi) is 7.77. The van der Waals surface area contributed by atoms with Crippen LogP contribution in [0.25, 0.3) is 0 Å². The Morgan fingerprint density at radius 2 is 1.94 bits per heavy atom. The van der Waals surface area contributed by atoms with E-state index in [0.717, 1.165) is 49.5 Å². The van der Waals surface area contributed by atoms with Crippen LogP contribution < -0.4 is 10.2 Å². The van der Waals surface area contributed by atoms with Gasteiger partial charge >= 0.3 is 0 Å². The standard InChI is InChI=1S/C24H29N5O4S/c25-14-17-4-1-2-5-18(17)28-11-7-16(8-12-28)15-27-22(32)20(30)21(31)24(33)29-10-3-6-19(29)23-26-9-13-34-23/h1-2,4-5,9,13,16,19-21,30-31H,3,6-8,10-12,15H2,(H,27,32)/t19?,20-,21-/m1/s1. The third-order valence-electron chi connectivity index (χ3n) is 6.64. The molecule has 3 N–H and O–H groups in total. The maximum atomic E-state index is 12.8. The number of rotatable bonds is 7. The number of para-hydroxylation sites is 1. The SMILES string of the molecule is N#Cc1ccccc1N1CCC(CNC(=O)[C@H](O)[C@@H](O)C(=O)N2CCCC2c2nccs2)CC1. The molecule has 34 heavy (non-hydrogen) atoms. The summed E-state index contributed by atoms with van der Waals surface area (Å²) >= 11 is 1.44. The largest absolute Gasteiger partial charge is 0.380 e. The first-order valence-corrected chi connectivity index (χ1v) is 12.5. The number of aliphatic hydroxyl groups excluding tert-OH is 2. The highest BCUT2D eigenvalue weighted by molar-refractivity contribution is 7.09. The summed E-state index contributed by atoms with van der Waals surface area (Å²) in [6, 6.07) is 9.50. The van der Waals surface area contributed by atoms with Crippen molar-refractivity contribution in [1.82, 2.24) is 15.2 Å².